The van der Waals surface area contributed by atoms with Crippen LogP contribution in [0, 0.1) is 12.7 Å². The van der Waals surface area contributed by atoms with Gasteiger partial charge in [0.05, 0.1) is 0 Å². The van der Waals surface area contributed by atoms with Crippen LogP contribution in [-0.2, 0) is 0 Å². The molecule has 0 aliphatic rings. The molecular weight excluding hydrogens is 291 g/mol. The molecule has 21 heavy (non-hydrogen) atoms. The van der Waals surface area contributed by atoms with Crippen molar-refractivity contribution in [3.63, 3.8) is 0 Å². The van der Waals surface area contributed by atoms with Crippen molar-refractivity contribution >= 4 is 28.2 Å². The molecule has 0 amide bonds. The highest BCUT2D eigenvalue weighted by molar-refractivity contribution is 6.30. The van der Waals surface area contributed by atoms with Crippen molar-refractivity contribution in [3.8, 4) is 11.5 Å². The van der Waals surface area contributed by atoms with Gasteiger partial charge in [-0.25, -0.2) is 4.39 Å². The van der Waals surface area contributed by atoms with E-state index in [2.05, 4.69) is 4.98 Å². The standard InChI is InChI=1S/C16H12ClFN2O/c1-9-7-10(17)4-5-14(9)21-16-12(18)8-13(19)11-3-2-6-20-15(11)16/h2-8H,19H2,1H3. The fourth-order valence-electron chi connectivity index (χ4n) is 2.15. The lowest BCUT2D eigenvalue weighted by atomic mass is 10.1. The van der Waals surface area contributed by atoms with Gasteiger partial charge in [-0.3, -0.25) is 4.98 Å². The average molecular weight is 303 g/mol. The highest BCUT2D eigenvalue weighted by Gasteiger charge is 2.15. The van der Waals surface area contributed by atoms with Gasteiger partial charge in [0.2, 0.25) is 0 Å². The smallest absolute Gasteiger partial charge is 0.189 e. The summed E-state index contributed by atoms with van der Waals surface area (Å²) in [6.45, 7) is 1.84. The van der Waals surface area contributed by atoms with Gasteiger partial charge in [-0.05, 0) is 42.8 Å². The number of hydrogen-bond acceptors (Lipinski definition) is 3. The fourth-order valence-corrected chi connectivity index (χ4v) is 2.37. The topological polar surface area (TPSA) is 48.1 Å². The molecular formula is C16H12ClFN2O. The van der Waals surface area contributed by atoms with Crippen LogP contribution in [0.3, 0.4) is 0 Å². The first-order valence-electron chi connectivity index (χ1n) is 6.33. The first kappa shape index (κ1) is 13.6. The molecule has 106 valence electrons. The largest absolute Gasteiger partial charge is 0.452 e. The normalized spacial score (nSPS) is 10.8. The van der Waals surface area contributed by atoms with Crippen LogP contribution in [0.5, 0.6) is 11.5 Å². The molecule has 0 saturated heterocycles. The predicted octanol–water partition coefficient (Wildman–Crippen LogP) is 4.71. The van der Waals surface area contributed by atoms with Gasteiger partial charge >= 0.3 is 0 Å². The SMILES string of the molecule is Cc1cc(Cl)ccc1Oc1c(F)cc(N)c2cccnc12. The van der Waals surface area contributed by atoms with Crippen LogP contribution in [0.1, 0.15) is 5.56 Å². The summed E-state index contributed by atoms with van der Waals surface area (Å²) in [5, 5.41) is 1.25. The van der Waals surface area contributed by atoms with E-state index >= 15 is 0 Å². The zero-order chi connectivity index (χ0) is 15.0. The van der Waals surface area contributed by atoms with E-state index in [0.29, 0.717) is 27.4 Å². The summed E-state index contributed by atoms with van der Waals surface area (Å²) >= 11 is 5.91. The molecule has 0 fully saturated rings. The van der Waals surface area contributed by atoms with Crippen molar-refractivity contribution < 1.29 is 9.13 Å². The zero-order valence-corrected chi connectivity index (χ0v) is 12.0. The van der Waals surface area contributed by atoms with Gasteiger partial charge in [0.1, 0.15) is 11.3 Å². The minimum absolute atomic E-state index is 0.0604. The fraction of sp³-hybridized carbons (Fsp3) is 0.0625. The molecule has 0 bridgehead atoms. The van der Waals surface area contributed by atoms with E-state index in [0.717, 1.165) is 5.56 Å². The Morgan fingerprint density at radius 1 is 1.24 bits per heavy atom. The van der Waals surface area contributed by atoms with Gasteiger partial charge < -0.3 is 10.5 Å². The Morgan fingerprint density at radius 3 is 2.81 bits per heavy atom. The summed E-state index contributed by atoms with van der Waals surface area (Å²) in [5.74, 6) is 0.0355. The third kappa shape index (κ3) is 2.50. The lowest BCUT2D eigenvalue weighted by molar-refractivity contribution is 0.444. The van der Waals surface area contributed by atoms with E-state index in [4.69, 9.17) is 22.1 Å². The maximum Gasteiger partial charge on any atom is 0.189 e. The average Bonchev–Trinajstić information content (AvgIpc) is 2.45. The van der Waals surface area contributed by atoms with Gasteiger partial charge in [-0.1, -0.05) is 11.6 Å². The first-order valence-corrected chi connectivity index (χ1v) is 6.71. The van der Waals surface area contributed by atoms with E-state index in [1.54, 1.807) is 36.5 Å². The van der Waals surface area contributed by atoms with Gasteiger partial charge in [-0.2, -0.15) is 0 Å². The third-order valence-electron chi connectivity index (χ3n) is 3.18. The van der Waals surface area contributed by atoms with Gasteiger partial charge in [0, 0.05) is 28.4 Å². The van der Waals surface area contributed by atoms with E-state index in [1.807, 2.05) is 6.92 Å². The van der Waals surface area contributed by atoms with Crippen LogP contribution in [-0.4, -0.2) is 4.98 Å². The molecule has 2 aromatic carbocycles. The number of rotatable bonds is 2. The number of hydrogen-bond donors (Lipinski definition) is 1. The molecule has 3 nitrogen and oxygen atoms in total. The van der Waals surface area contributed by atoms with Crippen LogP contribution >= 0.6 is 11.6 Å². The van der Waals surface area contributed by atoms with Crippen molar-refractivity contribution in [2.45, 2.75) is 6.92 Å². The molecule has 0 aliphatic carbocycles. The maximum atomic E-state index is 14.2. The number of nitrogens with two attached hydrogens (primary N) is 1. The number of anilines is 1. The van der Waals surface area contributed by atoms with Gasteiger partial charge in [-0.15, -0.1) is 0 Å². The molecule has 0 atom stereocenters. The summed E-state index contributed by atoms with van der Waals surface area (Å²) in [5.41, 5.74) is 7.35. The van der Waals surface area contributed by atoms with E-state index in [1.165, 1.54) is 6.07 Å². The molecule has 0 unspecified atom stereocenters. The molecule has 0 aliphatic heterocycles. The number of fused-ring (bicyclic) bond motifs is 1. The quantitative estimate of drug-likeness (QED) is 0.697. The van der Waals surface area contributed by atoms with Crippen LogP contribution in [0.15, 0.2) is 42.6 Å². The third-order valence-corrected chi connectivity index (χ3v) is 3.42. The predicted molar refractivity (Wildman–Crippen MR) is 82.4 cm³/mol. The summed E-state index contributed by atoms with van der Waals surface area (Å²) in [6, 6.07) is 9.90. The second-order valence-corrected chi connectivity index (χ2v) is 5.12. The van der Waals surface area contributed by atoms with Crippen molar-refractivity contribution in [2.24, 2.45) is 0 Å². The van der Waals surface area contributed by atoms with E-state index < -0.39 is 5.82 Å². The molecule has 2 N–H and O–H groups in total. The van der Waals surface area contributed by atoms with Crippen LogP contribution in [0.25, 0.3) is 10.9 Å². The van der Waals surface area contributed by atoms with E-state index in [-0.39, 0.29) is 5.75 Å². The number of aromatic nitrogens is 1. The molecule has 5 heteroatoms. The number of pyridine rings is 1. The van der Waals surface area contributed by atoms with Gasteiger partial charge in [0.25, 0.3) is 0 Å². The molecule has 0 spiro atoms. The number of halogens is 2. The summed E-state index contributed by atoms with van der Waals surface area (Å²) in [6.07, 6.45) is 1.57. The Bertz CT molecular complexity index is 836. The first-order chi connectivity index (χ1) is 10.1. The Labute approximate surface area is 126 Å². The van der Waals surface area contributed by atoms with Crippen molar-refractivity contribution in [2.75, 3.05) is 5.73 Å². The highest BCUT2D eigenvalue weighted by atomic mass is 35.5. The number of nitrogen functional groups attached to an aromatic ring is 1. The van der Waals surface area contributed by atoms with Crippen molar-refractivity contribution in [1.29, 1.82) is 0 Å². The minimum Gasteiger partial charge on any atom is -0.452 e. The van der Waals surface area contributed by atoms with Crippen LogP contribution < -0.4 is 10.5 Å². The lowest BCUT2D eigenvalue weighted by Gasteiger charge is -2.12. The molecule has 1 heterocycles. The molecule has 1 aromatic heterocycles. The molecule has 0 saturated carbocycles. The van der Waals surface area contributed by atoms with Crippen LogP contribution in [0.2, 0.25) is 5.02 Å². The number of ether oxygens (including phenoxy) is 1. The zero-order valence-electron chi connectivity index (χ0n) is 11.2. The molecule has 3 aromatic rings. The molecule has 3 rings (SSSR count). The number of benzene rings is 2. The second kappa shape index (κ2) is 5.22. The van der Waals surface area contributed by atoms with Crippen LogP contribution in [0.4, 0.5) is 10.1 Å². The summed E-state index contributed by atoms with van der Waals surface area (Å²) in [4.78, 5) is 4.18. The highest BCUT2D eigenvalue weighted by Crippen LogP contribution is 2.36. The number of aryl methyl sites for hydroxylation is 1. The summed E-state index contributed by atoms with van der Waals surface area (Å²) in [7, 11) is 0. The Hall–Kier alpha value is -2.33. The minimum atomic E-state index is -0.548. The number of nitrogens with zero attached hydrogens (tertiary/aromatic N) is 1. The molecule has 0 radical (unpaired) electrons. The van der Waals surface area contributed by atoms with Crippen molar-refractivity contribution in [1.82, 2.24) is 4.98 Å². The summed E-state index contributed by atoms with van der Waals surface area (Å²) < 4.78 is 19.9. The monoisotopic (exact) mass is 302 g/mol. The Morgan fingerprint density at radius 2 is 2.05 bits per heavy atom. The van der Waals surface area contributed by atoms with Gasteiger partial charge in [0.15, 0.2) is 11.6 Å². The van der Waals surface area contributed by atoms with Crippen molar-refractivity contribution in [3.05, 3.63) is 59.0 Å². The second-order valence-electron chi connectivity index (χ2n) is 4.69. The van der Waals surface area contributed by atoms with E-state index in [9.17, 15) is 4.39 Å². The Balaban J connectivity index is 2.16. The lowest BCUT2D eigenvalue weighted by Crippen LogP contribution is -1.97. The maximum absolute atomic E-state index is 14.2. The Kier molecular flexibility index (Phi) is 3.39.